The number of rotatable bonds is 6. The molecule has 1 aromatic heterocycles. The molecule has 0 aliphatic carbocycles. The van der Waals surface area contributed by atoms with Gasteiger partial charge in [-0.2, -0.15) is 0 Å². The summed E-state index contributed by atoms with van der Waals surface area (Å²) >= 11 is 0. The second-order valence-electron chi connectivity index (χ2n) is 7.55. The van der Waals surface area contributed by atoms with Gasteiger partial charge in [0.25, 0.3) is 5.56 Å². The zero-order valence-electron chi connectivity index (χ0n) is 17.4. The average molecular weight is 423 g/mol. The molecule has 162 valence electrons. The monoisotopic (exact) mass is 423 g/mol. The Morgan fingerprint density at radius 3 is 2.77 bits per heavy atom. The molecule has 2 heterocycles. The molecular formula is C23H25N3O5. The maximum Gasteiger partial charge on any atom is 0.338 e. The van der Waals surface area contributed by atoms with Crippen LogP contribution >= 0.6 is 0 Å². The van der Waals surface area contributed by atoms with Crippen LogP contribution in [0.1, 0.15) is 22.8 Å². The van der Waals surface area contributed by atoms with E-state index in [1.807, 2.05) is 18.2 Å². The summed E-state index contributed by atoms with van der Waals surface area (Å²) < 4.78 is 12.3. The highest BCUT2D eigenvalue weighted by Crippen LogP contribution is 2.13. The molecule has 1 N–H and O–H groups in total. The summed E-state index contributed by atoms with van der Waals surface area (Å²) in [5.41, 5.74) is 0.938. The first-order valence-electron chi connectivity index (χ1n) is 10.4. The Labute approximate surface area is 179 Å². The molecule has 3 aromatic rings. The maximum absolute atomic E-state index is 12.5. The largest absolute Gasteiger partial charge is 0.459 e. The predicted octanol–water partition coefficient (Wildman–Crippen LogP) is 1.77. The summed E-state index contributed by atoms with van der Waals surface area (Å²) in [6, 6.07) is 14.8. The summed E-state index contributed by atoms with van der Waals surface area (Å²) in [4.78, 5) is 41.8. The van der Waals surface area contributed by atoms with Gasteiger partial charge < -0.3 is 14.5 Å². The quantitative estimate of drug-likeness (QED) is 0.608. The van der Waals surface area contributed by atoms with E-state index in [2.05, 4.69) is 22.0 Å². The highest BCUT2D eigenvalue weighted by atomic mass is 16.6. The van der Waals surface area contributed by atoms with Crippen LogP contribution in [-0.2, 0) is 22.6 Å². The summed E-state index contributed by atoms with van der Waals surface area (Å²) in [5.74, 6) is -0.522. The summed E-state index contributed by atoms with van der Waals surface area (Å²) in [6.07, 6.45) is -0.210. The van der Waals surface area contributed by atoms with Crippen LogP contribution in [0, 0.1) is 0 Å². The molecular weight excluding hydrogens is 398 g/mol. The third-order valence-corrected chi connectivity index (χ3v) is 5.41. The molecule has 1 fully saturated rings. The van der Waals surface area contributed by atoms with Crippen LogP contribution in [0.4, 0.5) is 0 Å². The van der Waals surface area contributed by atoms with Crippen molar-refractivity contribution in [1.82, 2.24) is 14.5 Å². The fourth-order valence-corrected chi connectivity index (χ4v) is 3.79. The summed E-state index contributed by atoms with van der Waals surface area (Å²) in [7, 11) is 0. The van der Waals surface area contributed by atoms with E-state index in [9.17, 15) is 14.4 Å². The molecule has 1 atom stereocenters. The lowest BCUT2D eigenvalue weighted by Gasteiger charge is -2.32. The van der Waals surface area contributed by atoms with E-state index < -0.39 is 11.7 Å². The van der Waals surface area contributed by atoms with Crippen LogP contribution in [0.25, 0.3) is 10.9 Å². The molecule has 4 rings (SSSR count). The van der Waals surface area contributed by atoms with Crippen molar-refractivity contribution < 1.29 is 14.3 Å². The zero-order chi connectivity index (χ0) is 21.8. The number of aromatic nitrogens is 2. The summed E-state index contributed by atoms with van der Waals surface area (Å²) in [5, 5.41) is 0.352. The number of ether oxygens (including phenoxy) is 2. The van der Waals surface area contributed by atoms with E-state index in [0.29, 0.717) is 24.1 Å². The normalized spacial score (nSPS) is 17.0. The van der Waals surface area contributed by atoms with E-state index in [1.54, 1.807) is 6.92 Å². The minimum absolute atomic E-state index is 0.135. The zero-order valence-corrected chi connectivity index (χ0v) is 17.4. The van der Waals surface area contributed by atoms with Gasteiger partial charge in [0.1, 0.15) is 12.7 Å². The van der Waals surface area contributed by atoms with Crippen molar-refractivity contribution in [3.05, 3.63) is 80.5 Å². The Balaban J connectivity index is 1.39. The number of H-pyrrole nitrogens is 1. The van der Waals surface area contributed by atoms with Crippen LogP contribution in [0.5, 0.6) is 0 Å². The first-order valence-corrected chi connectivity index (χ1v) is 10.4. The first kappa shape index (κ1) is 21.0. The smallest absolute Gasteiger partial charge is 0.338 e. The topological polar surface area (TPSA) is 93.6 Å². The van der Waals surface area contributed by atoms with Crippen molar-refractivity contribution >= 4 is 16.9 Å². The van der Waals surface area contributed by atoms with Gasteiger partial charge in [0, 0.05) is 26.2 Å². The van der Waals surface area contributed by atoms with Gasteiger partial charge >= 0.3 is 11.7 Å². The van der Waals surface area contributed by atoms with Gasteiger partial charge in [-0.1, -0.05) is 30.3 Å². The molecule has 8 heteroatoms. The molecule has 1 aliphatic heterocycles. The molecule has 8 nitrogen and oxygen atoms in total. The Hall–Kier alpha value is -3.23. The number of nitrogens with one attached hydrogen (secondary N) is 1. The molecule has 2 aromatic carbocycles. The number of hydrogen-bond acceptors (Lipinski definition) is 6. The van der Waals surface area contributed by atoms with Crippen LogP contribution in [0.15, 0.2) is 58.1 Å². The molecule has 0 radical (unpaired) electrons. The Morgan fingerprint density at radius 2 is 2.00 bits per heavy atom. The Morgan fingerprint density at radius 1 is 1.19 bits per heavy atom. The number of morpholine rings is 1. The molecule has 31 heavy (non-hydrogen) atoms. The SMILES string of the molecule is CCn1c(=O)[nH]c2cc(C(=O)OCC3CN(Cc4ccccc4)CCO3)ccc2c1=O. The van der Waals surface area contributed by atoms with E-state index in [4.69, 9.17) is 9.47 Å². The van der Waals surface area contributed by atoms with E-state index in [-0.39, 0.29) is 30.4 Å². The average Bonchev–Trinajstić information content (AvgIpc) is 2.78. The maximum atomic E-state index is 12.5. The Kier molecular flexibility index (Phi) is 6.29. The number of esters is 1. The van der Waals surface area contributed by atoms with Crippen molar-refractivity contribution in [3.8, 4) is 0 Å². The van der Waals surface area contributed by atoms with Gasteiger partial charge in [-0.3, -0.25) is 14.3 Å². The van der Waals surface area contributed by atoms with Gasteiger partial charge in [0.2, 0.25) is 0 Å². The molecule has 0 amide bonds. The van der Waals surface area contributed by atoms with Crippen molar-refractivity contribution in [2.75, 3.05) is 26.3 Å². The second kappa shape index (κ2) is 9.28. The Bertz CT molecular complexity index is 1190. The van der Waals surface area contributed by atoms with Crippen LogP contribution < -0.4 is 11.2 Å². The van der Waals surface area contributed by atoms with Crippen LogP contribution in [-0.4, -0.2) is 52.8 Å². The molecule has 0 bridgehead atoms. The molecule has 1 aliphatic rings. The fraction of sp³-hybridized carbons (Fsp3) is 0.348. The highest BCUT2D eigenvalue weighted by Gasteiger charge is 2.22. The van der Waals surface area contributed by atoms with Gasteiger partial charge in [-0.15, -0.1) is 0 Å². The standard InChI is InChI=1S/C23H25N3O5/c1-2-26-21(27)19-9-8-17(12-20(19)24-23(26)29)22(28)31-15-18-14-25(10-11-30-18)13-16-6-4-3-5-7-16/h3-9,12,18H,2,10-11,13-15H2,1H3,(H,24,29). The van der Waals surface area contributed by atoms with Crippen molar-refractivity contribution in [1.29, 1.82) is 0 Å². The van der Waals surface area contributed by atoms with Gasteiger partial charge in [0.15, 0.2) is 0 Å². The van der Waals surface area contributed by atoms with Crippen LogP contribution in [0.3, 0.4) is 0 Å². The lowest BCUT2D eigenvalue weighted by Crippen LogP contribution is -2.44. The van der Waals surface area contributed by atoms with Crippen molar-refractivity contribution in [2.24, 2.45) is 0 Å². The number of benzene rings is 2. The molecule has 0 spiro atoms. The second-order valence-corrected chi connectivity index (χ2v) is 7.55. The molecule has 1 saturated heterocycles. The number of nitrogens with zero attached hydrogens (tertiary/aromatic N) is 2. The van der Waals surface area contributed by atoms with Crippen molar-refractivity contribution in [2.45, 2.75) is 26.1 Å². The lowest BCUT2D eigenvalue weighted by molar-refractivity contribution is -0.0612. The number of carbonyl (C=O) groups excluding carboxylic acids is 1. The van der Waals surface area contributed by atoms with Gasteiger partial charge in [-0.05, 0) is 30.7 Å². The predicted molar refractivity (Wildman–Crippen MR) is 116 cm³/mol. The van der Waals surface area contributed by atoms with Gasteiger partial charge in [-0.25, -0.2) is 9.59 Å². The first-order chi connectivity index (χ1) is 15.0. The summed E-state index contributed by atoms with van der Waals surface area (Å²) in [6.45, 7) is 5.03. The third kappa shape index (κ3) is 4.76. The van der Waals surface area contributed by atoms with E-state index >= 15 is 0 Å². The lowest BCUT2D eigenvalue weighted by atomic mass is 10.1. The van der Waals surface area contributed by atoms with Crippen molar-refractivity contribution in [3.63, 3.8) is 0 Å². The molecule has 0 saturated carbocycles. The minimum Gasteiger partial charge on any atom is -0.459 e. The number of aromatic amines is 1. The van der Waals surface area contributed by atoms with E-state index in [1.165, 1.54) is 23.8 Å². The van der Waals surface area contributed by atoms with Gasteiger partial charge in [0.05, 0.1) is 23.1 Å². The number of carbonyl (C=O) groups is 1. The minimum atomic E-state index is -0.522. The highest BCUT2D eigenvalue weighted by molar-refractivity contribution is 5.94. The fourth-order valence-electron chi connectivity index (χ4n) is 3.79. The third-order valence-electron chi connectivity index (χ3n) is 5.41. The molecule has 1 unspecified atom stereocenters. The van der Waals surface area contributed by atoms with E-state index in [0.717, 1.165) is 17.7 Å². The van der Waals surface area contributed by atoms with Crippen LogP contribution in [0.2, 0.25) is 0 Å². The number of fused-ring (bicyclic) bond motifs is 1. The number of hydrogen-bond donors (Lipinski definition) is 1.